The number of hydrogen-bond acceptors (Lipinski definition) is 4. The molecule has 1 aromatic heterocycles. The van der Waals surface area contributed by atoms with Crippen LogP contribution in [0, 0.1) is 3.57 Å². The molecule has 5 heteroatoms. The summed E-state index contributed by atoms with van der Waals surface area (Å²) in [7, 11) is 0. The number of hydrogen-bond donors (Lipinski definition) is 1. The lowest BCUT2D eigenvalue weighted by Crippen LogP contribution is -2.24. The molecule has 18 heavy (non-hydrogen) atoms. The minimum Gasteiger partial charge on any atom is -0.314 e. The topological polar surface area (TPSA) is 37.8 Å². The van der Waals surface area contributed by atoms with Gasteiger partial charge in [-0.05, 0) is 34.7 Å². The Morgan fingerprint density at radius 3 is 2.89 bits per heavy atom. The van der Waals surface area contributed by atoms with E-state index in [0.29, 0.717) is 6.04 Å². The first-order valence-corrected chi connectivity index (χ1v) is 7.86. The van der Waals surface area contributed by atoms with E-state index in [1.54, 1.807) is 11.3 Å². The molecular weight excluding hydrogens is 357 g/mol. The van der Waals surface area contributed by atoms with Crippen molar-refractivity contribution in [2.24, 2.45) is 0 Å². The Morgan fingerprint density at radius 1 is 1.33 bits per heavy atom. The van der Waals surface area contributed by atoms with Gasteiger partial charge in [-0.1, -0.05) is 37.3 Å². The van der Waals surface area contributed by atoms with Gasteiger partial charge in [-0.3, -0.25) is 0 Å². The van der Waals surface area contributed by atoms with Crippen LogP contribution in [0.4, 0.5) is 0 Å². The zero-order valence-electron chi connectivity index (χ0n) is 10.5. The molecule has 0 atom stereocenters. The van der Waals surface area contributed by atoms with Crippen molar-refractivity contribution in [3.8, 4) is 10.6 Å². The normalized spacial score (nSPS) is 11.1. The molecule has 0 bridgehead atoms. The Labute approximate surface area is 125 Å². The molecule has 3 nitrogen and oxygen atoms in total. The minimum atomic E-state index is 0.521. The average molecular weight is 373 g/mol. The molecular formula is C13H16IN3S. The highest BCUT2D eigenvalue weighted by molar-refractivity contribution is 14.1. The van der Waals surface area contributed by atoms with Gasteiger partial charge < -0.3 is 5.32 Å². The van der Waals surface area contributed by atoms with E-state index in [1.807, 2.05) is 0 Å². The predicted molar refractivity (Wildman–Crippen MR) is 84.9 cm³/mol. The largest absolute Gasteiger partial charge is 0.314 e. The third-order valence-electron chi connectivity index (χ3n) is 2.43. The second-order valence-electron chi connectivity index (χ2n) is 4.37. The average Bonchev–Trinajstić information content (AvgIpc) is 2.77. The van der Waals surface area contributed by atoms with Gasteiger partial charge in [0.05, 0.1) is 0 Å². The Hall–Kier alpha value is -0.530. The molecule has 0 aliphatic rings. The molecule has 1 N–H and O–H groups in total. The van der Waals surface area contributed by atoms with Crippen molar-refractivity contribution in [3.63, 3.8) is 0 Å². The summed E-state index contributed by atoms with van der Waals surface area (Å²) in [5, 5.41) is 14.0. The summed E-state index contributed by atoms with van der Waals surface area (Å²) in [6.45, 7) is 5.26. The fraction of sp³-hybridized carbons (Fsp3) is 0.385. The van der Waals surface area contributed by atoms with Crippen LogP contribution in [0.1, 0.15) is 18.9 Å². The van der Waals surface area contributed by atoms with Gasteiger partial charge in [0.25, 0.3) is 0 Å². The predicted octanol–water partition coefficient (Wildman–Crippen LogP) is 3.35. The monoisotopic (exact) mass is 373 g/mol. The van der Waals surface area contributed by atoms with Crippen molar-refractivity contribution >= 4 is 33.9 Å². The standard InChI is InChI=1S/C13H16IN3S/c1-9(2)15-7-6-12-16-17-13(18-12)10-4-3-5-11(14)8-10/h3-5,8-9,15H,6-7H2,1-2H3. The quantitative estimate of drug-likeness (QED) is 0.817. The molecule has 0 aliphatic carbocycles. The zero-order chi connectivity index (χ0) is 13.0. The van der Waals surface area contributed by atoms with Crippen LogP contribution >= 0.6 is 33.9 Å². The maximum Gasteiger partial charge on any atom is 0.147 e. The summed E-state index contributed by atoms with van der Waals surface area (Å²) >= 11 is 4.00. The molecule has 0 unspecified atom stereocenters. The molecule has 0 fully saturated rings. The first-order valence-electron chi connectivity index (χ1n) is 5.97. The Bertz CT molecular complexity index is 510. The van der Waals surface area contributed by atoms with Crippen LogP contribution in [0.15, 0.2) is 24.3 Å². The minimum absolute atomic E-state index is 0.521. The van der Waals surface area contributed by atoms with Crippen LogP contribution in [-0.4, -0.2) is 22.8 Å². The Morgan fingerprint density at radius 2 is 2.17 bits per heavy atom. The van der Waals surface area contributed by atoms with Gasteiger partial charge in [-0.15, -0.1) is 10.2 Å². The summed E-state index contributed by atoms with van der Waals surface area (Å²) < 4.78 is 1.23. The molecule has 0 saturated heterocycles. The molecule has 0 spiro atoms. The van der Waals surface area contributed by atoms with E-state index >= 15 is 0 Å². The van der Waals surface area contributed by atoms with Gasteiger partial charge in [0, 0.05) is 28.1 Å². The lowest BCUT2D eigenvalue weighted by Gasteiger charge is -2.05. The van der Waals surface area contributed by atoms with Crippen LogP contribution in [0.5, 0.6) is 0 Å². The highest BCUT2D eigenvalue weighted by Crippen LogP contribution is 2.24. The van der Waals surface area contributed by atoms with Crippen molar-refractivity contribution in [2.75, 3.05) is 6.54 Å². The molecule has 0 saturated carbocycles. The second kappa shape index (κ2) is 6.58. The van der Waals surface area contributed by atoms with E-state index in [1.165, 1.54) is 3.57 Å². The number of halogens is 1. The third kappa shape index (κ3) is 4.00. The summed E-state index contributed by atoms with van der Waals surface area (Å²) in [5.41, 5.74) is 1.16. The molecule has 1 aromatic carbocycles. The number of nitrogens with one attached hydrogen (secondary N) is 1. The van der Waals surface area contributed by atoms with Gasteiger partial charge >= 0.3 is 0 Å². The van der Waals surface area contributed by atoms with Crippen LogP contribution in [0.2, 0.25) is 0 Å². The first-order chi connectivity index (χ1) is 8.65. The van der Waals surface area contributed by atoms with Crippen LogP contribution in [0.3, 0.4) is 0 Å². The van der Waals surface area contributed by atoms with E-state index in [2.05, 4.69) is 76.2 Å². The first kappa shape index (κ1) is 13.9. The smallest absolute Gasteiger partial charge is 0.147 e. The van der Waals surface area contributed by atoms with Crippen LogP contribution in [-0.2, 0) is 6.42 Å². The number of rotatable bonds is 5. The van der Waals surface area contributed by atoms with Crippen LogP contribution in [0.25, 0.3) is 10.6 Å². The van der Waals surface area contributed by atoms with Gasteiger partial charge in [-0.25, -0.2) is 0 Å². The van der Waals surface area contributed by atoms with Gasteiger partial charge in [0.1, 0.15) is 10.0 Å². The van der Waals surface area contributed by atoms with Gasteiger partial charge in [0.15, 0.2) is 0 Å². The molecule has 2 rings (SSSR count). The van der Waals surface area contributed by atoms with Crippen molar-refractivity contribution in [2.45, 2.75) is 26.3 Å². The molecule has 0 amide bonds. The summed E-state index contributed by atoms with van der Waals surface area (Å²) in [6.07, 6.45) is 0.944. The van der Waals surface area contributed by atoms with E-state index < -0.39 is 0 Å². The van der Waals surface area contributed by atoms with Crippen LogP contribution < -0.4 is 5.32 Å². The molecule has 0 aliphatic heterocycles. The maximum absolute atomic E-state index is 4.26. The Kier molecular flexibility index (Phi) is 5.08. The summed E-state index contributed by atoms with van der Waals surface area (Å²) in [4.78, 5) is 0. The van der Waals surface area contributed by atoms with E-state index in [0.717, 1.165) is 28.5 Å². The van der Waals surface area contributed by atoms with Gasteiger partial charge in [0.2, 0.25) is 0 Å². The Balaban J connectivity index is 2.02. The van der Waals surface area contributed by atoms with Crippen molar-refractivity contribution in [1.82, 2.24) is 15.5 Å². The number of benzene rings is 1. The van der Waals surface area contributed by atoms with E-state index in [-0.39, 0.29) is 0 Å². The lowest BCUT2D eigenvalue weighted by molar-refractivity contribution is 0.588. The van der Waals surface area contributed by atoms with Crippen molar-refractivity contribution in [1.29, 1.82) is 0 Å². The summed E-state index contributed by atoms with van der Waals surface area (Å²) in [6, 6.07) is 8.88. The maximum atomic E-state index is 4.26. The SMILES string of the molecule is CC(C)NCCc1nnc(-c2cccc(I)c2)s1. The molecule has 0 radical (unpaired) electrons. The third-order valence-corrected chi connectivity index (χ3v) is 4.13. The number of nitrogens with zero attached hydrogens (tertiary/aromatic N) is 2. The summed E-state index contributed by atoms with van der Waals surface area (Å²) in [5.74, 6) is 0. The second-order valence-corrected chi connectivity index (χ2v) is 6.68. The molecule has 96 valence electrons. The van der Waals surface area contributed by atoms with Gasteiger partial charge in [-0.2, -0.15) is 0 Å². The zero-order valence-corrected chi connectivity index (χ0v) is 13.5. The highest BCUT2D eigenvalue weighted by atomic mass is 127. The number of aromatic nitrogens is 2. The van der Waals surface area contributed by atoms with E-state index in [9.17, 15) is 0 Å². The molecule has 1 heterocycles. The lowest BCUT2D eigenvalue weighted by atomic mass is 10.2. The van der Waals surface area contributed by atoms with E-state index in [4.69, 9.17) is 0 Å². The van der Waals surface area contributed by atoms with Crippen molar-refractivity contribution in [3.05, 3.63) is 32.8 Å². The molecule has 2 aromatic rings. The fourth-order valence-electron chi connectivity index (χ4n) is 1.56. The van der Waals surface area contributed by atoms with Crippen molar-refractivity contribution < 1.29 is 0 Å². The highest BCUT2D eigenvalue weighted by Gasteiger charge is 2.06. The fourth-order valence-corrected chi connectivity index (χ4v) is 2.94.